The highest BCUT2D eigenvalue weighted by Gasteiger charge is 2.26. The number of nitriles is 2. The van der Waals surface area contributed by atoms with Crippen LogP contribution in [-0.2, 0) is 10.0 Å². The molecule has 0 aliphatic rings. The quantitative estimate of drug-likeness (QED) is 0.234. The van der Waals surface area contributed by atoms with E-state index in [0.717, 1.165) is 33.4 Å². The molecule has 10 nitrogen and oxygen atoms in total. The van der Waals surface area contributed by atoms with Gasteiger partial charge in [-0.15, -0.1) is 12.4 Å². The number of ether oxygens (including phenoxy) is 1. The number of halogens is 1. The number of nitrogens with zero attached hydrogens (tertiary/aromatic N) is 6. The number of likely N-dealkylation sites (N-methyl/N-ethyl adjacent to an activating group) is 1. The lowest BCUT2D eigenvalue weighted by molar-refractivity contribution is 0.0983. The number of sulfonamides is 1. The van der Waals surface area contributed by atoms with Crippen LogP contribution < -0.4 is 9.64 Å². The van der Waals surface area contributed by atoms with Crippen LogP contribution in [0.1, 0.15) is 44.0 Å². The third-order valence-electron chi connectivity index (χ3n) is 6.35. The van der Waals surface area contributed by atoms with Crippen molar-refractivity contribution in [3.63, 3.8) is 0 Å². The first-order valence-electron chi connectivity index (χ1n) is 13.2. The maximum absolute atomic E-state index is 13.8. The highest BCUT2D eigenvalue weighted by Crippen LogP contribution is 2.32. The molecule has 13 heteroatoms. The summed E-state index contributed by atoms with van der Waals surface area (Å²) in [5, 5.41) is 18.4. The Morgan fingerprint density at radius 2 is 1.59 bits per heavy atom. The van der Waals surface area contributed by atoms with Crippen LogP contribution in [-0.4, -0.2) is 74.4 Å². The van der Waals surface area contributed by atoms with Crippen LogP contribution in [0.3, 0.4) is 0 Å². The van der Waals surface area contributed by atoms with Gasteiger partial charge in [0.25, 0.3) is 5.91 Å². The van der Waals surface area contributed by atoms with Gasteiger partial charge in [-0.3, -0.25) is 9.69 Å². The van der Waals surface area contributed by atoms with Crippen molar-refractivity contribution in [2.75, 3.05) is 50.8 Å². The molecule has 0 radical (unpaired) electrons. The smallest absolute Gasteiger partial charge is 0.260 e. The SMILES string of the molecule is CCOc1ccc2nc(N(CCN(CC)CC)C(=O)c3ccc(S(=O)(=O)N(CCC#N)CCC#N)cc3)sc2c1.Cl. The molecule has 0 aliphatic heterocycles. The molecule has 0 spiro atoms. The number of rotatable bonds is 15. The Kier molecular flexibility index (Phi) is 13.5. The van der Waals surface area contributed by atoms with Gasteiger partial charge in [0.05, 0.1) is 33.9 Å². The first-order valence-corrected chi connectivity index (χ1v) is 15.5. The molecule has 0 N–H and O–H groups in total. The van der Waals surface area contributed by atoms with Crippen LogP contribution in [0.5, 0.6) is 5.75 Å². The maximum Gasteiger partial charge on any atom is 0.260 e. The third-order valence-corrected chi connectivity index (χ3v) is 9.31. The number of hydrogen-bond donors (Lipinski definition) is 0. The average molecular weight is 619 g/mol. The topological polar surface area (TPSA) is 131 Å². The fourth-order valence-corrected chi connectivity index (χ4v) is 6.57. The number of aromatic nitrogens is 1. The number of fused-ring (bicyclic) bond motifs is 1. The van der Waals surface area contributed by atoms with E-state index in [4.69, 9.17) is 20.2 Å². The second kappa shape index (κ2) is 16.2. The largest absolute Gasteiger partial charge is 0.494 e. The average Bonchev–Trinajstić information content (AvgIpc) is 3.38. The summed E-state index contributed by atoms with van der Waals surface area (Å²) in [6, 6.07) is 15.3. The van der Waals surface area contributed by atoms with Gasteiger partial charge in [0.15, 0.2) is 5.13 Å². The van der Waals surface area contributed by atoms with Crippen LogP contribution in [0.4, 0.5) is 5.13 Å². The minimum absolute atomic E-state index is 0. The number of thiazole rings is 1. The van der Waals surface area contributed by atoms with E-state index >= 15 is 0 Å². The molecule has 2 aromatic carbocycles. The highest BCUT2D eigenvalue weighted by atomic mass is 35.5. The van der Waals surface area contributed by atoms with Gasteiger partial charge >= 0.3 is 0 Å². The van der Waals surface area contributed by atoms with Gasteiger partial charge < -0.3 is 9.64 Å². The van der Waals surface area contributed by atoms with Gasteiger partial charge in [0.2, 0.25) is 10.0 Å². The molecule has 1 heterocycles. The van der Waals surface area contributed by atoms with Crippen molar-refractivity contribution in [2.45, 2.75) is 38.5 Å². The van der Waals surface area contributed by atoms with Crippen molar-refractivity contribution >= 4 is 55.0 Å². The number of hydrogen-bond acceptors (Lipinski definition) is 9. The fraction of sp³-hybridized carbons (Fsp3) is 0.429. The zero-order valence-corrected chi connectivity index (χ0v) is 25.9. The minimum Gasteiger partial charge on any atom is -0.494 e. The lowest BCUT2D eigenvalue weighted by atomic mass is 10.2. The summed E-state index contributed by atoms with van der Waals surface area (Å²) in [5.41, 5.74) is 1.09. The summed E-state index contributed by atoms with van der Waals surface area (Å²) >= 11 is 1.40. The number of carbonyl (C=O) groups is 1. The van der Waals surface area contributed by atoms with Crippen molar-refractivity contribution in [1.29, 1.82) is 10.5 Å². The lowest BCUT2D eigenvalue weighted by Gasteiger charge is -2.25. The normalized spacial score (nSPS) is 11.2. The van der Waals surface area contributed by atoms with Crippen molar-refractivity contribution in [2.24, 2.45) is 0 Å². The predicted octanol–water partition coefficient (Wildman–Crippen LogP) is 4.92. The number of anilines is 1. The van der Waals surface area contributed by atoms with E-state index in [0.29, 0.717) is 30.4 Å². The van der Waals surface area contributed by atoms with E-state index in [1.807, 2.05) is 37.3 Å². The van der Waals surface area contributed by atoms with Gasteiger partial charge in [-0.25, -0.2) is 13.4 Å². The van der Waals surface area contributed by atoms with E-state index in [-0.39, 0.29) is 49.1 Å². The third kappa shape index (κ3) is 8.62. The van der Waals surface area contributed by atoms with Crippen molar-refractivity contribution < 1.29 is 17.9 Å². The molecule has 3 rings (SSSR count). The number of carbonyl (C=O) groups excluding carboxylic acids is 1. The molecule has 41 heavy (non-hydrogen) atoms. The zero-order valence-electron chi connectivity index (χ0n) is 23.4. The van der Waals surface area contributed by atoms with E-state index in [1.165, 1.54) is 35.6 Å². The number of benzene rings is 2. The molecule has 220 valence electrons. The molecule has 1 amide bonds. The molecule has 0 aliphatic carbocycles. The second-order valence-electron chi connectivity index (χ2n) is 8.79. The van der Waals surface area contributed by atoms with Crippen molar-refractivity contribution in [3.05, 3.63) is 48.0 Å². The van der Waals surface area contributed by atoms with Gasteiger partial charge in [0.1, 0.15) is 5.75 Å². The molecular weight excluding hydrogens is 584 g/mol. The standard InChI is InChI=1S/C28H34N6O4S2.ClH/c1-4-32(5-2)19-20-34(28-31-25-14-11-23(38-6-3)21-26(25)39-28)27(35)22-9-12-24(13-10-22)40(36,37)33(17-7-15-29)18-8-16-30;/h9-14,21H,4-8,17-20H2,1-3H3;1H. The first-order chi connectivity index (χ1) is 19.3. The molecule has 0 bridgehead atoms. The summed E-state index contributed by atoms with van der Waals surface area (Å²) < 4.78 is 34.0. The molecule has 0 saturated carbocycles. The zero-order chi connectivity index (χ0) is 29.1. The predicted molar refractivity (Wildman–Crippen MR) is 163 cm³/mol. The van der Waals surface area contributed by atoms with Gasteiger partial charge in [0, 0.05) is 44.6 Å². The monoisotopic (exact) mass is 618 g/mol. The maximum atomic E-state index is 13.8. The second-order valence-corrected chi connectivity index (χ2v) is 11.7. The molecule has 1 aromatic heterocycles. The van der Waals surface area contributed by atoms with E-state index in [2.05, 4.69) is 18.7 Å². The van der Waals surface area contributed by atoms with Crippen LogP contribution >= 0.6 is 23.7 Å². The van der Waals surface area contributed by atoms with E-state index in [1.54, 1.807) is 4.90 Å². The van der Waals surface area contributed by atoms with Gasteiger partial charge in [-0.1, -0.05) is 25.2 Å². The highest BCUT2D eigenvalue weighted by molar-refractivity contribution is 7.89. The van der Waals surface area contributed by atoms with Crippen molar-refractivity contribution in [3.8, 4) is 17.9 Å². The fourth-order valence-electron chi connectivity index (χ4n) is 4.11. The molecule has 0 saturated heterocycles. The summed E-state index contributed by atoms with van der Waals surface area (Å²) in [4.78, 5) is 22.3. The van der Waals surface area contributed by atoms with E-state index in [9.17, 15) is 13.2 Å². The molecule has 0 fully saturated rings. The van der Waals surface area contributed by atoms with Crippen molar-refractivity contribution in [1.82, 2.24) is 14.2 Å². The summed E-state index contributed by atoms with van der Waals surface area (Å²) in [6.07, 6.45) is 0.0217. The van der Waals surface area contributed by atoms with Crippen LogP contribution in [0, 0.1) is 22.7 Å². The Morgan fingerprint density at radius 3 is 2.15 bits per heavy atom. The first kappa shape index (κ1) is 33.9. The van der Waals surface area contributed by atoms with Gasteiger partial charge in [-0.05, 0) is 62.5 Å². The summed E-state index contributed by atoms with van der Waals surface area (Å²) in [7, 11) is -3.94. The Hall–Kier alpha value is -3.26. The lowest BCUT2D eigenvalue weighted by Crippen LogP contribution is -2.39. The Bertz CT molecular complexity index is 1460. The minimum atomic E-state index is -3.94. The van der Waals surface area contributed by atoms with Gasteiger partial charge in [-0.2, -0.15) is 14.8 Å². The molecular formula is C28H35ClN6O4S2. The van der Waals surface area contributed by atoms with Crippen LogP contribution in [0.2, 0.25) is 0 Å². The Morgan fingerprint density at radius 1 is 0.951 bits per heavy atom. The number of amides is 1. The molecule has 3 aromatic rings. The molecule has 0 unspecified atom stereocenters. The van der Waals surface area contributed by atoms with Crippen LogP contribution in [0.25, 0.3) is 10.2 Å². The molecule has 0 atom stereocenters. The Labute approximate surface area is 252 Å². The van der Waals surface area contributed by atoms with Crippen LogP contribution in [0.15, 0.2) is 47.4 Å². The summed E-state index contributed by atoms with van der Waals surface area (Å²) in [6.45, 7) is 9.33. The summed E-state index contributed by atoms with van der Waals surface area (Å²) in [5.74, 6) is 0.451. The van der Waals surface area contributed by atoms with E-state index < -0.39 is 10.0 Å². The Balaban J connectivity index is 0.00000588.